The van der Waals surface area contributed by atoms with E-state index in [9.17, 15) is 43.2 Å². The number of alkyl halides is 6. The molecule has 0 atom stereocenters. The van der Waals surface area contributed by atoms with Gasteiger partial charge < -0.3 is 0 Å². The van der Waals surface area contributed by atoms with E-state index in [1.165, 1.54) is 36.4 Å². The lowest BCUT2D eigenvalue weighted by Gasteiger charge is -2.21. The molecule has 1 aliphatic heterocycles. The number of benzene rings is 10. The standard InChI is InChI=1S/C53H30F6O8S4/c54-52(55,56)70(64,65)47(71(66,67)53(57,58)59)29-46-68(60,61)50-44(42-25-30-13-1-5-17-34(30)38-21-9-11-23-40(38)42)27-32-15-3-7-19-36(32)48(50)49-37-20-8-4-16-33(37)28-45(51(49)69(46,62)63)43-26-31-14-2-6-18-35(31)39-22-10-12-24-41(39)43/h1-29,46H. The maximum atomic E-state index is 16.2. The highest BCUT2D eigenvalue weighted by molar-refractivity contribution is 8.15. The fourth-order valence-corrected chi connectivity index (χ4v) is 18.0. The highest BCUT2D eigenvalue weighted by atomic mass is 32.3. The van der Waals surface area contributed by atoms with Crippen LogP contribution in [0.1, 0.15) is 0 Å². The summed E-state index contributed by atoms with van der Waals surface area (Å²) in [6.45, 7) is 0. The maximum Gasteiger partial charge on any atom is 0.502 e. The van der Waals surface area contributed by atoms with Crippen LogP contribution in [0.4, 0.5) is 26.3 Å². The molecule has 0 saturated carbocycles. The van der Waals surface area contributed by atoms with E-state index in [1.54, 1.807) is 133 Å². The molecule has 10 aromatic carbocycles. The SMILES string of the molecule is O=S1(=O)c2c(-c3cc4ccccc4c4ccccc34)cc3ccccc3c2-c2c(c(-c3cc4ccccc4c4ccccc34)cc3ccccc23)S(=O)(=O)C1C=C(S(=O)(=O)C(F)(F)F)S(=O)(=O)C(F)(F)F. The van der Waals surface area contributed by atoms with Crippen molar-refractivity contribution in [2.75, 3.05) is 0 Å². The summed E-state index contributed by atoms with van der Waals surface area (Å²) in [5, 5.41) is 5.19. The fraction of sp³-hybridized carbons (Fsp3) is 0.0566. The van der Waals surface area contributed by atoms with Crippen LogP contribution in [0, 0.1) is 0 Å². The largest absolute Gasteiger partial charge is 0.502 e. The number of hydrogen-bond acceptors (Lipinski definition) is 8. The third kappa shape index (κ3) is 6.82. The van der Waals surface area contributed by atoms with Gasteiger partial charge in [-0.1, -0.05) is 146 Å². The lowest BCUT2D eigenvalue weighted by molar-refractivity contribution is -0.0444. The van der Waals surface area contributed by atoms with Crippen molar-refractivity contribution in [3.8, 4) is 33.4 Å². The number of rotatable bonds is 5. The van der Waals surface area contributed by atoms with Crippen molar-refractivity contribution in [1.29, 1.82) is 0 Å². The van der Waals surface area contributed by atoms with E-state index in [0.29, 0.717) is 53.9 Å². The molecule has 1 aliphatic rings. The summed E-state index contributed by atoms with van der Waals surface area (Å²) in [7, 11) is -27.8. The molecule has 71 heavy (non-hydrogen) atoms. The molecule has 8 nitrogen and oxygen atoms in total. The Kier molecular flexibility index (Phi) is 10.2. The van der Waals surface area contributed by atoms with E-state index in [1.807, 2.05) is 0 Å². The normalized spacial score (nSPS) is 15.2. The van der Waals surface area contributed by atoms with Crippen LogP contribution >= 0.6 is 0 Å². The van der Waals surface area contributed by atoms with Crippen molar-refractivity contribution in [2.24, 2.45) is 0 Å². The lowest BCUT2D eigenvalue weighted by atomic mass is 9.85. The van der Waals surface area contributed by atoms with E-state index >= 15 is 16.8 Å². The summed E-state index contributed by atoms with van der Waals surface area (Å²) in [6, 6.07) is 45.9. The molecule has 356 valence electrons. The first-order valence-electron chi connectivity index (χ1n) is 21.3. The van der Waals surface area contributed by atoms with Gasteiger partial charge in [0, 0.05) is 22.3 Å². The first-order chi connectivity index (χ1) is 33.5. The third-order valence-corrected chi connectivity index (χ3v) is 21.8. The molecular formula is C53H30F6O8S4. The monoisotopic (exact) mass is 1040 g/mol. The van der Waals surface area contributed by atoms with Crippen LogP contribution in [-0.4, -0.2) is 49.3 Å². The molecule has 10 aromatic rings. The minimum absolute atomic E-state index is 0.0673. The first kappa shape index (κ1) is 46.3. The predicted molar refractivity (Wildman–Crippen MR) is 264 cm³/mol. The summed E-state index contributed by atoms with van der Waals surface area (Å²) in [4.78, 5) is -1.86. The summed E-state index contributed by atoms with van der Waals surface area (Å²) in [6.07, 6.45) is -0.926. The molecule has 18 heteroatoms. The highest BCUT2D eigenvalue weighted by Gasteiger charge is 2.61. The van der Waals surface area contributed by atoms with Crippen LogP contribution in [0.5, 0.6) is 0 Å². The van der Waals surface area contributed by atoms with Gasteiger partial charge in [-0.3, -0.25) is 0 Å². The van der Waals surface area contributed by atoms with Gasteiger partial charge in [0.05, 0.1) is 9.79 Å². The number of hydrogen-bond donors (Lipinski definition) is 0. The van der Waals surface area contributed by atoms with E-state index in [-0.39, 0.29) is 44.2 Å². The van der Waals surface area contributed by atoms with Crippen molar-refractivity contribution in [2.45, 2.75) is 25.4 Å². The van der Waals surface area contributed by atoms with Gasteiger partial charge in [-0.15, -0.1) is 0 Å². The van der Waals surface area contributed by atoms with Crippen molar-refractivity contribution in [1.82, 2.24) is 0 Å². The van der Waals surface area contributed by atoms with Crippen molar-refractivity contribution >= 4 is 104 Å². The van der Waals surface area contributed by atoms with E-state index in [2.05, 4.69) is 0 Å². The Labute approximate surface area is 400 Å². The molecule has 11 rings (SSSR count). The van der Waals surface area contributed by atoms with Crippen LogP contribution in [-0.2, 0) is 39.3 Å². The molecule has 0 amide bonds. The Morgan fingerprint density at radius 3 is 0.986 bits per heavy atom. The van der Waals surface area contributed by atoms with Crippen molar-refractivity contribution in [3.05, 3.63) is 180 Å². The van der Waals surface area contributed by atoms with E-state index in [4.69, 9.17) is 0 Å². The van der Waals surface area contributed by atoms with Gasteiger partial charge in [-0.2, -0.15) is 26.3 Å². The van der Waals surface area contributed by atoms with Gasteiger partial charge in [-0.25, -0.2) is 33.7 Å². The van der Waals surface area contributed by atoms with Gasteiger partial charge in [0.1, 0.15) is 0 Å². The van der Waals surface area contributed by atoms with Gasteiger partial charge in [0.2, 0.25) is 19.7 Å². The molecule has 0 N–H and O–H groups in total. The minimum atomic E-state index is -7.72. The smallest absolute Gasteiger partial charge is 0.222 e. The Morgan fingerprint density at radius 2 is 0.648 bits per heavy atom. The Bertz CT molecular complexity index is 4230. The third-order valence-electron chi connectivity index (χ3n) is 13.0. The number of halogens is 6. The second kappa shape index (κ2) is 15.7. The zero-order chi connectivity index (χ0) is 50.2. The highest BCUT2D eigenvalue weighted by Crippen LogP contribution is 2.56. The van der Waals surface area contributed by atoms with Gasteiger partial charge >= 0.3 is 11.0 Å². The van der Waals surface area contributed by atoms with Crippen molar-refractivity contribution in [3.63, 3.8) is 0 Å². The minimum Gasteiger partial charge on any atom is -0.222 e. The first-order valence-corrected chi connectivity index (χ1v) is 27.4. The quantitative estimate of drug-likeness (QED) is 0.123. The molecule has 0 fully saturated rings. The molecule has 0 spiro atoms. The van der Waals surface area contributed by atoms with E-state index in [0.717, 1.165) is 0 Å². The van der Waals surface area contributed by atoms with Crippen LogP contribution in [0.2, 0.25) is 0 Å². The molecule has 0 bridgehead atoms. The molecule has 0 aromatic heterocycles. The second-order valence-corrected chi connectivity index (χ2v) is 25.3. The van der Waals surface area contributed by atoms with E-state index < -0.39 is 75.1 Å². The molecule has 0 radical (unpaired) electrons. The van der Waals surface area contributed by atoms with Gasteiger partial charge in [0.25, 0.3) is 19.7 Å². The zero-order valence-electron chi connectivity index (χ0n) is 36.0. The molecule has 1 heterocycles. The molecule has 0 aliphatic carbocycles. The summed E-state index contributed by atoms with van der Waals surface area (Å²) < 4.78 is 199. The average Bonchev–Trinajstić information content (AvgIpc) is 3.39. The molecular weight excluding hydrogens is 1010 g/mol. The fourth-order valence-electron chi connectivity index (χ4n) is 9.94. The summed E-state index contributed by atoms with van der Waals surface area (Å²) in [5.74, 6) is 0. The molecule has 0 unspecified atom stereocenters. The van der Waals surface area contributed by atoms with Gasteiger partial charge in [0.15, 0.2) is 8.82 Å². The Hall–Kier alpha value is -7.12. The van der Waals surface area contributed by atoms with Crippen LogP contribution in [0.3, 0.4) is 0 Å². The average molecular weight is 1040 g/mol. The maximum absolute atomic E-state index is 16.2. The zero-order valence-corrected chi connectivity index (χ0v) is 39.3. The van der Waals surface area contributed by atoms with Crippen LogP contribution in [0.15, 0.2) is 190 Å². The molecule has 0 saturated heterocycles. The second-order valence-electron chi connectivity index (χ2n) is 16.9. The summed E-state index contributed by atoms with van der Waals surface area (Å²) in [5.41, 5.74) is -14.6. The van der Waals surface area contributed by atoms with Crippen LogP contribution < -0.4 is 0 Å². The Morgan fingerprint density at radius 1 is 0.380 bits per heavy atom. The topological polar surface area (TPSA) is 137 Å². The number of fused-ring (bicyclic) bond motifs is 13. The van der Waals surface area contributed by atoms with Crippen molar-refractivity contribution < 1.29 is 60.0 Å². The van der Waals surface area contributed by atoms with Gasteiger partial charge in [-0.05, 0) is 106 Å². The number of sulfone groups is 4. The predicted octanol–water partition coefficient (Wildman–Crippen LogP) is 13.2. The Balaban J connectivity index is 1.44. The van der Waals surface area contributed by atoms with Crippen LogP contribution in [0.25, 0.3) is 98.0 Å². The summed E-state index contributed by atoms with van der Waals surface area (Å²) >= 11 is 0. The lowest BCUT2D eigenvalue weighted by Crippen LogP contribution is -2.37.